The predicted molar refractivity (Wildman–Crippen MR) is 120 cm³/mol. The van der Waals surface area contributed by atoms with Crippen molar-refractivity contribution in [3.05, 3.63) is 59.6 Å². The number of methoxy groups -OCH3 is 1. The van der Waals surface area contributed by atoms with Crippen LogP contribution in [0.2, 0.25) is 0 Å². The van der Waals surface area contributed by atoms with E-state index >= 15 is 0 Å². The number of nitrogens with zero attached hydrogens (tertiary/aromatic N) is 1. The van der Waals surface area contributed by atoms with E-state index in [2.05, 4.69) is 15.0 Å². The van der Waals surface area contributed by atoms with Crippen LogP contribution in [0.25, 0.3) is 0 Å². The normalized spacial score (nSPS) is 11.0. The lowest BCUT2D eigenvalue weighted by molar-refractivity contribution is -0.116. The molecule has 1 heterocycles. The molecule has 0 aliphatic heterocycles. The van der Waals surface area contributed by atoms with Gasteiger partial charge in [-0.25, -0.2) is 13.4 Å². The molecule has 0 radical (unpaired) electrons. The van der Waals surface area contributed by atoms with Crippen LogP contribution >= 0.6 is 11.3 Å². The summed E-state index contributed by atoms with van der Waals surface area (Å²) in [6, 6.07) is 13.2. The Morgan fingerprint density at radius 3 is 2.39 bits per heavy atom. The third-order valence-corrected chi connectivity index (χ3v) is 6.49. The molecule has 0 bridgehead atoms. The minimum absolute atomic E-state index is 0.111. The van der Waals surface area contributed by atoms with Crippen molar-refractivity contribution < 1.29 is 22.7 Å². The van der Waals surface area contributed by atoms with Crippen molar-refractivity contribution in [1.29, 1.82) is 0 Å². The van der Waals surface area contributed by atoms with Gasteiger partial charge in [-0.3, -0.25) is 9.52 Å². The molecule has 164 valence electrons. The number of amides is 1. The Hall–Kier alpha value is -3.11. The van der Waals surface area contributed by atoms with Gasteiger partial charge in [-0.2, -0.15) is 0 Å². The molecule has 2 N–H and O–H groups in total. The molecule has 10 heteroatoms. The molecule has 31 heavy (non-hydrogen) atoms. The zero-order valence-corrected chi connectivity index (χ0v) is 18.8. The van der Waals surface area contributed by atoms with Gasteiger partial charge in [0.25, 0.3) is 10.0 Å². The zero-order valence-electron chi connectivity index (χ0n) is 17.1. The monoisotopic (exact) mass is 461 g/mol. The number of thiazole rings is 1. The molecule has 0 saturated heterocycles. The number of benzene rings is 2. The van der Waals surface area contributed by atoms with Crippen LogP contribution in [0.15, 0.2) is 58.8 Å². The molecular weight excluding hydrogens is 438 g/mol. The quantitative estimate of drug-likeness (QED) is 0.474. The molecule has 2 aromatic carbocycles. The number of anilines is 2. The van der Waals surface area contributed by atoms with Crippen molar-refractivity contribution in [2.45, 2.75) is 24.7 Å². The van der Waals surface area contributed by atoms with Crippen LogP contribution in [0.5, 0.6) is 11.5 Å². The summed E-state index contributed by atoms with van der Waals surface area (Å²) in [5.41, 5.74) is 1.32. The summed E-state index contributed by atoms with van der Waals surface area (Å²) in [5.74, 6) is 1.16. The van der Waals surface area contributed by atoms with Crippen LogP contribution in [0.1, 0.15) is 19.0 Å². The zero-order chi connectivity index (χ0) is 22.3. The molecule has 0 spiro atoms. The lowest BCUT2D eigenvalue weighted by Gasteiger charge is -2.07. The lowest BCUT2D eigenvalue weighted by Crippen LogP contribution is -2.13. The van der Waals surface area contributed by atoms with Crippen molar-refractivity contribution in [1.82, 2.24) is 4.98 Å². The van der Waals surface area contributed by atoms with E-state index < -0.39 is 10.0 Å². The van der Waals surface area contributed by atoms with E-state index in [1.54, 1.807) is 41.8 Å². The summed E-state index contributed by atoms with van der Waals surface area (Å²) in [7, 11) is -2.24. The van der Waals surface area contributed by atoms with Crippen LogP contribution in [-0.2, 0) is 21.2 Å². The molecule has 1 amide bonds. The first-order chi connectivity index (χ1) is 14.9. The average molecular weight is 462 g/mol. The highest BCUT2D eigenvalue weighted by atomic mass is 32.2. The number of hydrogen-bond acceptors (Lipinski definition) is 7. The van der Waals surface area contributed by atoms with Gasteiger partial charge in [-0.1, -0.05) is 0 Å². The fourth-order valence-electron chi connectivity index (χ4n) is 2.66. The number of nitrogens with one attached hydrogen (secondary N) is 2. The maximum atomic E-state index is 12.5. The molecule has 0 aliphatic carbocycles. The van der Waals surface area contributed by atoms with E-state index in [0.29, 0.717) is 30.2 Å². The van der Waals surface area contributed by atoms with Gasteiger partial charge in [0, 0.05) is 17.5 Å². The molecule has 8 nitrogen and oxygen atoms in total. The molecular formula is C21H23N3O5S2. The number of aromatic nitrogens is 1. The number of carbonyl (C=O) groups is 1. The Kier molecular flexibility index (Phi) is 7.48. The van der Waals surface area contributed by atoms with Crippen LogP contribution in [0.4, 0.5) is 10.8 Å². The SMILES string of the molecule is CCOc1ccc(NC(=O)CCc2csc(NS(=O)(=O)c3ccc(OC)cc3)n2)cc1. The summed E-state index contributed by atoms with van der Waals surface area (Å²) in [4.78, 5) is 16.6. The summed E-state index contributed by atoms with van der Waals surface area (Å²) in [6.07, 6.45) is 0.616. The van der Waals surface area contributed by atoms with E-state index in [9.17, 15) is 13.2 Å². The molecule has 0 atom stereocenters. The van der Waals surface area contributed by atoms with Gasteiger partial charge in [0.15, 0.2) is 5.13 Å². The lowest BCUT2D eigenvalue weighted by atomic mass is 10.2. The Morgan fingerprint density at radius 1 is 1.06 bits per heavy atom. The van der Waals surface area contributed by atoms with E-state index in [0.717, 1.165) is 5.75 Å². The number of aryl methyl sites for hydroxylation is 1. The maximum Gasteiger partial charge on any atom is 0.263 e. The van der Waals surface area contributed by atoms with E-state index in [-0.39, 0.29) is 22.4 Å². The van der Waals surface area contributed by atoms with Gasteiger partial charge < -0.3 is 14.8 Å². The maximum absolute atomic E-state index is 12.5. The standard InChI is InChI=1S/C21H23N3O5S2/c1-3-29-18-7-4-15(5-8-18)22-20(25)13-6-16-14-30-21(23-16)24-31(26,27)19-11-9-17(28-2)10-12-19/h4-5,7-12,14H,3,6,13H2,1-2H3,(H,22,25)(H,23,24). The second-order valence-electron chi connectivity index (χ2n) is 6.43. The van der Waals surface area contributed by atoms with Gasteiger partial charge in [-0.05, 0) is 61.9 Å². The average Bonchev–Trinajstić information content (AvgIpc) is 3.20. The van der Waals surface area contributed by atoms with Crippen LogP contribution in [0, 0.1) is 0 Å². The molecule has 1 aromatic heterocycles. The first-order valence-electron chi connectivity index (χ1n) is 9.53. The molecule has 3 aromatic rings. The Bertz CT molecular complexity index is 1110. The summed E-state index contributed by atoms with van der Waals surface area (Å²) in [6.45, 7) is 2.49. The van der Waals surface area contributed by atoms with Gasteiger partial charge in [0.2, 0.25) is 5.91 Å². The first-order valence-corrected chi connectivity index (χ1v) is 11.9. The first kappa shape index (κ1) is 22.6. The third kappa shape index (κ3) is 6.43. The second kappa shape index (κ2) is 10.3. The van der Waals surface area contributed by atoms with E-state index in [1.807, 2.05) is 6.92 Å². The number of rotatable bonds is 10. The highest BCUT2D eigenvalue weighted by Gasteiger charge is 2.16. The molecule has 0 aliphatic rings. The van der Waals surface area contributed by atoms with Crippen molar-refractivity contribution >= 4 is 38.1 Å². The fraction of sp³-hybridized carbons (Fsp3) is 0.238. The highest BCUT2D eigenvalue weighted by molar-refractivity contribution is 7.93. The van der Waals surface area contributed by atoms with Crippen LogP contribution in [0.3, 0.4) is 0 Å². The number of carbonyl (C=O) groups excluding carboxylic acids is 1. The molecule has 0 fully saturated rings. The van der Waals surface area contributed by atoms with E-state index in [4.69, 9.17) is 9.47 Å². The minimum Gasteiger partial charge on any atom is -0.497 e. The van der Waals surface area contributed by atoms with Gasteiger partial charge in [0.1, 0.15) is 11.5 Å². The van der Waals surface area contributed by atoms with Gasteiger partial charge >= 0.3 is 0 Å². The fourth-order valence-corrected chi connectivity index (χ4v) is 4.66. The Labute approximate surface area is 185 Å². The topological polar surface area (TPSA) is 107 Å². The minimum atomic E-state index is -3.75. The molecule has 3 rings (SSSR count). The summed E-state index contributed by atoms with van der Waals surface area (Å²) >= 11 is 1.17. The second-order valence-corrected chi connectivity index (χ2v) is 8.97. The smallest absolute Gasteiger partial charge is 0.263 e. The highest BCUT2D eigenvalue weighted by Crippen LogP contribution is 2.22. The van der Waals surface area contributed by atoms with Gasteiger partial charge in [0.05, 0.1) is 24.3 Å². The number of sulfonamides is 1. The molecule has 0 unspecified atom stereocenters. The van der Waals surface area contributed by atoms with Crippen molar-refractivity contribution in [2.75, 3.05) is 23.8 Å². The molecule has 0 saturated carbocycles. The van der Waals surface area contributed by atoms with Crippen molar-refractivity contribution in [3.63, 3.8) is 0 Å². The van der Waals surface area contributed by atoms with Crippen molar-refractivity contribution in [2.24, 2.45) is 0 Å². The predicted octanol–water partition coefficient (Wildman–Crippen LogP) is 3.92. The van der Waals surface area contributed by atoms with Crippen LogP contribution < -0.4 is 19.5 Å². The largest absolute Gasteiger partial charge is 0.497 e. The third-order valence-electron chi connectivity index (χ3n) is 4.20. The number of hydrogen-bond donors (Lipinski definition) is 2. The van der Waals surface area contributed by atoms with Crippen LogP contribution in [-0.4, -0.2) is 33.0 Å². The van der Waals surface area contributed by atoms with Gasteiger partial charge in [-0.15, -0.1) is 11.3 Å². The number of ether oxygens (including phenoxy) is 2. The van der Waals surface area contributed by atoms with E-state index in [1.165, 1.54) is 30.6 Å². The van der Waals surface area contributed by atoms with Crippen molar-refractivity contribution in [3.8, 4) is 11.5 Å². The Morgan fingerprint density at radius 2 is 1.74 bits per heavy atom. The Balaban J connectivity index is 1.52. The summed E-state index contributed by atoms with van der Waals surface area (Å²) in [5, 5.41) is 4.80. The summed E-state index contributed by atoms with van der Waals surface area (Å²) < 4.78 is 37.8.